The van der Waals surface area contributed by atoms with Crippen molar-refractivity contribution in [2.24, 2.45) is 5.41 Å². The molecule has 1 saturated heterocycles. The van der Waals surface area contributed by atoms with E-state index in [-0.39, 0.29) is 11.5 Å². The maximum Gasteiger partial charge on any atom is 0.243 e. The Balaban J connectivity index is 1.93. The molecule has 0 saturated carbocycles. The molecule has 3 nitrogen and oxygen atoms in total. The van der Waals surface area contributed by atoms with Crippen LogP contribution in [0.1, 0.15) is 44.2 Å². The van der Waals surface area contributed by atoms with Crippen LogP contribution in [0.4, 0.5) is 0 Å². The molecule has 3 rings (SSSR count). The van der Waals surface area contributed by atoms with Crippen LogP contribution in [0.2, 0.25) is 0 Å². The number of benzene rings is 2. The lowest BCUT2D eigenvalue weighted by Crippen LogP contribution is -2.39. The molecule has 0 spiro atoms. The lowest BCUT2D eigenvalue weighted by atomic mass is 9.83. The summed E-state index contributed by atoms with van der Waals surface area (Å²) in [5.74, 6) is 0. The summed E-state index contributed by atoms with van der Waals surface area (Å²) in [5, 5.41) is 0. The molecule has 2 aromatic rings. The zero-order valence-corrected chi connectivity index (χ0v) is 19.4. The molecule has 1 heterocycles. The maximum atomic E-state index is 13.5. The number of sulfonamides is 1. The first kappa shape index (κ1) is 22.1. The number of nitrogens with zero attached hydrogens (tertiary/aromatic N) is 1. The van der Waals surface area contributed by atoms with Gasteiger partial charge < -0.3 is 0 Å². The van der Waals surface area contributed by atoms with Crippen molar-refractivity contribution in [2.75, 3.05) is 12.8 Å². The summed E-state index contributed by atoms with van der Waals surface area (Å²) in [6.07, 6.45) is 8.93. The summed E-state index contributed by atoms with van der Waals surface area (Å²) in [6, 6.07) is 15.4. The Labute approximate surface area is 180 Å². The van der Waals surface area contributed by atoms with Crippen LogP contribution in [-0.4, -0.2) is 31.6 Å². The van der Waals surface area contributed by atoms with Crippen LogP contribution in [0.25, 0.3) is 6.08 Å². The van der Waals surface area contributed by atoms with E-state index in [1.807, 2.05) is 19.1 Å². The SMILES string of the molecule is CSc1ccc(/C=C/C2CC(C)(C)CCCN2S(=O)(=O)c2ccc(C)cc2)cc1. The molecule has 1 fully saturated rings. The van der Waals surface area contributed by atoms with Crippen LogP contribution in [0.3, 0.4) is 0 Å². The van der Waals surface area contributed by atoms with Gasteiger partial charge in [-0.25, -0.2) is 8.42 Å². The van der Waals surface area contributed by atoms with Crippen molar-refractivity contribution >= 4 is 27.9 Å². The Morgan fingerprint density at radius 3 is 2.34 bits per heavy atom. The highest BCUT2D eigenvalue weighted by atomic mass is 32.2. The maximum absolute atomic E-state index is 13.5. The fraction of sp³-hybridized carbons (Fsp3) is 0.417. The second-order valence-electron chi connectivity index (χ2n) is 8.60. The zero-order valence-electron chi connectivity index (χ0n) is 17.8. The summed E-state index contributed by atoms with van der Waals surface area (Å²) in [5.41, 5.74) is 2.26. The van der Waals surface area contributed by atoms with E-state index in [4.69, 9.17) is 0 Å². The number of hydrogen-bond acceptors (Lipinski definition) is 3. The van der Waals surface area contributed by atoms with Gasteiger partial charge in [0.1, 0.15) is 0 Å². The highest BCUT2D eigenvalue weighted by molar-refractivity contribution is 7.98. The molecular formula is C24H31NO2S2. The summed E-state index contributed by atoms with van der Waals surface area (Å²) in [7, 11) is -3.54. The molecule has 1 aliphatic rings. The summed E-state index contributed by atoms with van der Waals surface area (Å²) < 4.78 is 28.6. The van der Waals surface area contributed by atoms with Crippen LogP contribution in [0, 0.1) is 12.3 Å². The predicted molar refractivity (Wildman–Crippen MR) is 124 cm³/mol. The van der Waals surface area contributed by atoms with Gasteiger partial charge in [-0.1, -0.05) is 55.8 Å². The first-order valence-corrected chi connectivity index (χ1v) is 12.8. The van der Waals surface area contributed by atoms with E-state index in [1.165, 1.54) is 4.90 Å². The fourth-order valence-corrected chi connectivity index (χ4v) is 5.92. The molecule has 5 heteroatoms. The van der Waals surface area contributed by atoms with E-state index in [0.29, 0.717) is 11.4 Å². The molecule has 1 atom stereocenters. The van der Waals surface area contributed by atoms with Gasteiger partial charge in [0, 0.05) is 17.5 Å². The van der Waals surface area contributed by atoms with Crippen LogP contribution in [0.5, 0.6) is 0 Å². The highest BCUT2D eigenvalue weighted by Crippen LogP contribution is 2.36. The second-order valence-corrected chi connectivity index (χ2v) is 11.4. The van der Waals surface area contributed by atoms with Gasteiger partial charge in [0.05, 0.1) is 4.90 Å². The Kier molecular flexibility index (Phi) is 6.92. The number of rotatable bonds is 5. The predicted octanol–water partition coefficient (Wildman–Crippen LogP) is 6.00. The van der Waals surface area contributed by atoms with Crippen LogP contribution >= 0.6 is 11.8 Å². The van der Waals surface area contributed by atoms with E-state index in [9.17, 15) is 8.42 Å². The minimum Gasteiger partial charge on any atom is -0.207 e. The van der Waals surface area contributed by atoms with Gasteiger partial charge in [-0.05, 0) is 67.7 Å². The monoisotopic (exact) mass is 429 g/mol. The quantitative estimate of drug-likeness (QED) is 0.547. The van der Waals surface area contributed by atoms with Crippen molar-refractivity contribution in [3.05, 3.63) is 65.7 Å². The normalized spacial score (nSPS) is 20.6. The van der Waals surface area contributed by atoms with E-state index in [0.717, 1.165) is 30.4 Å². The van der Waals surface area contributed by atoms with Crippen molar-refractivity contribution < 1.29 is 8.42 Å². The minimum atomic E-state index is -3.54. The minimum absolute atomic E-state index is 0.106. The van der Waals surface area contributed by atoms with Gasteiger partial charge >= 0.3 is 0 Å². The number of hydrogen-bond donors (Lipinski definition) is 0. The summed E-state index contributed by atoms with van der Waals surface area (Å²) in [4.78, 5) is 1.60. The van der Waals surface area contributed by atoms with Crippen molar-refractivity contribution in [1.82, 2.24) is 4.31 Å². The third-order valence-corrected chi connectivity index (χ3v) is 8.30. The number of thioether (sulfide) groups is 1. The molecule has 156 valence electrons. The van der Waals surface area contributed by atoms with Gasteiger partial charge in [0.15, 0.2) is 0 Å². The first-order chi connectivity index (χ1) is 13.7. The lowest BCUT2D eigenvalue weighted by molar-refractivity contribution is 0.282. The fourth-order valence-electron chi connectivity index (χ4n) is 3.89. The van der Waals surface area contributed by atoms with E-state index >= 15 is 0 Å². The smallest absolute Gasteiger partial charge is 0.207 e. The van der Waals surface area contributed by atoms with E-state index in [1.54, 1.807) is 28.2 Å². The van der Waals surface area contributed by atoms with Crippen molar-refractivity contribution in [1.29, 1.82) is 0 Å². The molecule has 2 aromatic carbocycles. The molecule has 1 aliphatic heterocycles. The first-order valence-electron chi connectivity index (χ1n) is 10.1. The average molecular weight is 430 g/mol. The molecule has 1 unspecified atom stereocenters. The molecule has 0 N–H and O–H groups in total. The van der Waals surface area contributed by atoms with E-state index in [2.05, 4.69) is 56.5 Å². The molecule has 29 heavy (non-hydrogen) atoms. The van der Waals surface area contributed by atoms with Crippen molar-refractivity contribution in [2.45, 2.75) is 55.9 Å². The second kappa shape index (κ2) is 9.07. The third-order valence-electron chi connectivity index (χ3n) is 5.62. The Bertz CT molecular complexity index is 945. The summed E-state index contributed by atoms with van der Waals surface area (Å²) in [6.45, 7) is 7.00. The highest BCUT2D eigenvalue weighted by Gasteiger charge is 2.36. The molecular weight excluding hydrogens is 398 g/mol. The topological polar surface area (TPSA) is 37.4 Å². The third kappa shape index (κ3) is 5.53. The Hall–Kier alpha value is -1.56. The lowest BCUT2D eigenvalue weighted by Gasteiger charge is -2.30. The van der Waals surface area contributed by atoms with Gasteiger partial charge in [-0.15, -0.1) is 11.8 Å². The van der Waals surface area contributed by atoms with Gasteiger partial charge in [0.2, 0.25) is 10.0 Å². The molecule has 0 bridgehead atoms. The largest absolute Gasteiger partial charge is 0.243 e. The van der Waals surface area contributed by atoms with Gasteiger partial charge in [-0.2, -0.15) is 4.31 Å². The summed E-state index contributed by atoms with van der Waals surface area (Å²) >= 11 is 1.72. The number of aryl methyl sites for hydroxylation is 1. The average Bonchev–Trinajstić information content (AvgIpc) is 2.85. The van der Waals surface area contributed by atoms with Crippen molar-refractivity contribution in [3.8, 4) is 0 Å². The van der Waals surface area contributed by atoms with Crippen LogP contribution in [0.15, 0.2) is 64.4 Å². The Morgan fingerprint density at radius 2 is 1.72 bits per heavy atom. The molecule has 0 aliphatic carbocycles. The van der Waals surface area contributed by atoms with Gasteiger partial charge in [0.25, 0.3) is 0 Å². The Morgan fingerprint density at radius 1 is 1.07 bits per heavy atom. The molecule has 0 radical (unpaired) electrons. The zero-order chi connectivity index (χ0) is 21.1. The van der Waals surface area contributed by atoms with Crippen LogP contribution in [-0.2, 0) is 10.0 Å². The van der Waals surface area contributed by atoms with E-state index < -0.39 is 10.0 Å². The van der Waals surface area contributed by atoms with Crippen molar-refractivity contribution in [3.63, 3.8) is 0 Å². The standard InChI is InChI=1S/C24H31NO2S2/c1-19-6-14-23(15-7-19)29(26,27)25-17-5-16-24(2,3)18-21(25)11-8-20-9-12-22(28-4)13-10-20/h6-15,21H,5,16-18H2,1-4H3/b11-8+. The molecule has 0 aromatic heterocycles. The molecule has 0 amide bonds. The van der Waals surface area contributed by atoms with Gasteiger partial charge in [-0.3, -0.25) is 0 Å². The van der Waals surface area contributed by atoms with Crippen LogP contribution < -0.4 is 0 Å².